The standard InChI is InChI=1S/C28H33Cl2FN4O4/c29-21-12-18(23(31)14-22(21)30)15-33-27(38)24(8-9-26(36)37)34-11-10-20(7-6-17-4-2-1-3-5-17)35-16-19(32)13-25(35)28(34)39/h1-5,12,14,19-20,24-25H,6-11,13,15-16,32H2,(H,33,38)(H,36,37)/t19-,20?,24-,25+/m1/s1. The highest BCUT2D eigenvalue weighted by atomic mass is 35.5. The Bertz CT molecular complexity index is 1200. The summed E-state index contributed by atoms with van der Waals surface area (Å²) in [5, 5.41) is 12.2. The highest BCUT2D eigenvalue weighted by molar-refractivity contribution is 6.42. The van der Waals surface area contributed by atoms with Gasteiger partial charge in [0.2, 0.25) is 11.8 Å². The van der Waals surface area contributed by atoms with Crippen LogP contribution in [0.5, 0.6) is 0 Å². The Hall–Kier alpha value is -2.72. The number of fused-ring (bicyclic) bond motifs is 1. The predicted octanol–water partition coefficient (Wildman–Crippen LogP) is 3.62. The van der Waals surface area contributed by atoms with Gasteiger partial charge in [-0.3, -0.25) is 19.3 Å². The molecule has 1 unspecified atom stereocenters. The van der Waals surface area contributed by atoms with Crippen LogP contribution in [0.3, 0.4) is 0 Å². The first-order chi connectivity index (χ1) is 18.6. The summed E-state index contributed by atoms with van der Waals surface area (Å²) in [6.45, 7) is 0.707. The molecule has 39 heavy (non-hydrogen) atoms. The lowest BCUT2D eigenvalue weighted by molar-refractivity contribution is -0.144. The number of halogens is 3. The zero-order valence-electron chi connectivity index (χ0n) is 21.5. The van der Waals surface area contributed by atoms with E-state index in [-0.39, 0.29) is 53.0 Å². The van der Waals surface area contributed by atoms with E-state index in [0.29, 0.717) is 25.9 Å². The predicted molar refractivity (Wildman–Crippen MR) is 147 cm³/mol. The van der Waals surface area contributed by atoms with E-state index in [4.69, 9.17) is 28.9 Å². The second kappa shape index (κ2) is 13.1. The summed E-state index contributed by atoms with van der Waals surface area (Å²) in [7, 11) is 0. The molecule has 4 rings (SSSR count). The van der Waals surface area contributed by atoms with Crippen LogP contribution >= 0.6 is 23.2 Å². The van der Waals surface area contributed by atoms with E-state index < -0.39 is 29.8 Å². The highest BCUT2D eigenvalue weighted by Gasteiger charge is 2.45. The van der Waals surface area contributed by atoms with Crippen LogP contribution < -0.4 is 11.1 Å². The average molecular weight is 580 g/mol. The summed E-state index contributed by atoms with van der Waals surface area (Å²) in [6, 6.07) is 10.9. The quantitative estimate of drug-likeness (QED) is 0.371. The van der Waals surface area contributed by atoms with Gasteiger partial charge in [0.1, 0.15) is 11.9 Å². The van der Waals surface area contributed by atoms with Crippen molar-refractivity contribution in [2.75, 3.05) is 13.1 Å². The van der Waals surface area contributed by atoms with Crippen molar-refractivity contribution in [2.24, 2.45) is 5.73 Å². The molecule has 210 valence electrons. The van der Waals surface area contributed by atoms with Crippen molar-refractivity contribution < 1.29 is 23.9 Å². The molecule has 4 atom stereocenters. The first-order valence-electron chi connectivity index (χ1n) is 13.1. The third-order valence-electron chi connectivity index (χ3n) is 7.57. The maximum Gasteiger partial charge on any atom is 0.303 e. The molecule has 2 aliphatic rings. The molecule has 2 saturated heterocycles. The summed E-state index contributed by atoms with van der Waals surface area (Å²) in [4.78, 5) is 42.3. The van der Waals surface area contributed by atoms with E-state index in [2.05, 4.69) is 22.3 Å². The number of carbonyl (C=O) groups is 3. The number of aliphatic carboxylic acids is 1. The molecule has 2 aromatic carbocycles. The molecule has 8 nitrogen and oxygen atoms in total. The van der Waals surface area contributed by atoms with Crippen molar-refractivity contribution in [3.63, 3.8) is 0 Å². The minimum Gasteiger partial charge on any atom is -0.481 e. The molecule has 2 aliphatic heterocycles. The molecule has 2 fully saturated rings. The van der Waals surface area contributed by atoms with Crippen LogP contribution in [0, 0.1) is 5.82 Å². The van der Waals surface area contributed by atoms with Gasteiger partial charge in [-0.25, -0.2) is 4.39 Å². The van der Waals surface area contributed by atoms with Gasteiger partial charge in [0.05, 0.1) is 16.1 Å². The number of rotatable bonds is 10. The Morgan fingerprint density at radius 1 is 1.18 bits per heavy atom. The highest BCUT2D eigenvalue weighted by Crippen LogP contribution is 2.30. The van der Waals surface area contributed by atoms with Crippen LogP contribution in [0.25, 0.3) is 0 Å². The summed E-state index contributed by atoms with van der Waals surface area (Å²) in [5.41, 5.74) is 7.62. The van der Waals surface area contributed by atoms with Crippen LogP contribution in [0.15, 0.2) is 42.5 Å². The lowest BCUT2D eigenvalue weighted by atomic mass is 10.0. The van der Waals surface area contributed by atoms with Crippen molar-refractivity contribution in [1.82, 2.24) is 15.1 Å². The number of nitrogens with two attached hydrogens (primary N) is 1. The zero-order valence-corrected chi connectivity index (χ0v) is 23.0. The molecule has 2 aromatic rings. The van der Waals surface area contributed by atoms with Crippen molar-refractivity contribution >= 4 is 41.0 Å². The fraction of sp³-hybridized carbons (Fsp3) is 0.464. The van der Waals surface area contributed by atoms with Gasteiger partial charge >= 0.3 is 5.97 Å². The van der Waals surface area contributed by atoms with E-state index in [9.17, 15) is 23.9 Å². The molecule has 0 spiro atoms. The molecule has 0 aliphatic carbocycles. The number of carbonyl (C=O) groups excluding carboxylic acids is 2. The average Bonchev–Trinajstić information content (AvgIpc) is 3.24. The van der Waals surface area contributed by atoms with Crippen molar-refractivity contribution in [1.29, 1.82) is 0 Å². The molecular weight excluding hydrogens is 546 g/mol. The number of carboxylic acid groups (broad SMARTS) is 1. The van der Waals surface area contributed by atoms with Gasteiger partial charge in [-0.05, 0) is 49.8 Å². The monoisotopic (exact) mass is 578 g/mol. The smallest absolute Gasteiger partial charge is 0.303 e. The minimum absolute atomic E-state index is 0.0554. The summed E-state index contributed by atoms with van der Waals surface area (Å²) in [6.07, 6.45) is 2.41. The lowest BCUT2D eigenvalue weighted by Crippen LogP contribution is -2.53. The molecule has 11 heteroatoms. The summed E-state index contributed by atoms with van der Waals surface area (Å²) < 4.78 is 14.4. The van der Waals surface area contributed by atoms with Crippen molar-refractivity contribution in [3.8, 4) is 0 Å². The van der Waals surface area contributed by atoms with E-state index in [1.807, 2.05) is 18.2 Å². The normalized spacial score (nSPS) is 22.3. The van der Waals surface area contributed by atoms with Gasteiger partial charge in [-0.1, -0.05) is 53.5 Å². The Kier molecular flexibility index (Phi) is 9.82. The maximum atomic E-state index is 14.4. The first-order valence-corrected chi connectivity index (χ1v) is 13.9. The first kappa shape index (κ1) is 29.3. The largest absolute Gasteiger partial charge is 0.481 e. The van der Waals surface area contributed by atoms with Gasteiger partial charge in [-0.2, -0.15) is 0 Å². The maximum absolute atomic E-state index is 14.4. The van der Waals surface area contributed by atoms with Crippen LogP contribution in [-0.2, 0) is 27.3 Å². The Morgan fingerprint density at radius 3 is 2.62 bits per heavy atom. The Labute approximate surface area is 237 Å². The number of hydrogen-bond donors (Lipinski definition) is 3. The van der Waals surface area contributed by atoms with Gasteiger partial charge in [-0.15, -0.1) is 0 Å². The number of carboxylic acids is 1. The third-order valence-corrected chi connectivity index (χ3v) is 8.30. The third kappa shape index (κ3) is 7.28. The molecule has 0 radical (unpaired) electrons. The molecule has 0 bridgehead atoms. The number of amides is 2. The second-order valence-electron chi connectivity index (χ2n) is 10.2. The van der Waals surface area contributed by atoms with Crippen molar-refractivity contribution in [2.45, 2.75) is 69.2 Å². The molecular formula is C28H33Cl2FN4O4. The van der Waals surface area contributed by atoms with Gasteiger partial charge < -0.3 is 21.1 Å². The van der Waals surface area contributed by atoms with E-state index in [1.54, 1.807) is 0 Å². The summed E-state index contributed by atoms with van der Waals surface area (Å²) in [5.74, 6) is -2.48. The van der Waals surface area contributed by atoms with Crippen LogP contribution in [-0.4, -0.2) is 69.9 Å². The number of aryl methyl sites for hydroxylation is 1. The van der Waals surface area contributed by atoms with E-state index in [0.717, 1.165) is 18.9 Å². The van der Waals surface area contributed by atoms with Crippen LogP contribution in [0.2, 0.25) is 10.0 Å². The zero-order chi connectivity index (χ0) is 28.1. The number of nitrogens with one attached hydrogen (secondary N) is 1. The van der Waals surface area contributed by atoms with Crippen LogP contribution in [0.4, 0.5) is 4.39 Å². The fourth-order valence-corrected chi connectivity index (χ4v) is 5.92. The second-order valence-corrected chi connectivity index (χ2v) is 11.0. The van der Waals surface area contributed by atoms with Crippen LogP contribution in [0.1, 0.15) is 43.2 Å². The number of benzene rings is 2. The molecule has 2 heterocycles. The fourth-order valence-electron chi connectivity index (χ4n) is 5.58. The Morgan fingerprint density at radius 2 is 1.90 bits per heavy atom. The topological polar surface area (TPSA) is 116 Å². The number of nitrogens with zero attached hydrogens (tertiary/aromatic N) is 2. The Balaban J connectivity index is 1.52. The lowest BCUT2D eigenvalue weighted by Gasteiger charge is -2.32. The van der Waals surface area contributed by atoms with Gasteiger partial charge in [0.15, 0.2) is 0 Å². The van der Waals surface area contributed by atoms with Crippen molar-refractivity contribution in [3.05, 3.63) is 69.5 Å². The van der Waals surface area contributed by atoms with Gasteiger partial charge in [0.25, 0.3) is 0 Å². The molecule has 0 aromatic heterocycles. The molecule has 4 N–H and O–H groups in total. The SMILES string of the molecule is N[C@@H]1C[C@H]2C(=O)N([C@H](CCC(=O)O)C(=O)NCc3cc(Cl)c(Cl)cc3F)CCC(CCc3ccccc3)N2C1. The van der Waals surface area contributed by atoms with E-state index in [1.165, 1.54) is 16.5 Å². The molecule has 2 amide bonds. The number of hydrogen-bond acceptors (Lipinski definition) is 5. The minimum atomic E-state index is -1.07. The van der Waals surface area contributed by atoms with Gasteiger partial charge in [0, 0.05) is 43.7 Å². The van der Waals surface area contributed by atoms with E-state index >= 15 is 0 Å². The molecule has 0 saturated carbocycles. The summed E-state index contributed by atoms with van der Waals surface area (Å²) >= 11 is 11.9.